The molecule has 0 aliphatic rings. The first kappa shape index (κ1) is 16.3. The van der Waals surface area contributed by atoms with Gasteiger partial charge in [0.25, 0.3) is 5.56 Å². The van der Waals surface area contributed by atoms with Crippen LogP contribution in [0.5, 0.6) is 0 Å². The predicted molar refractivity (Wildman–Crippen MR) is 97.7 cm³/mol. The van der Waals surface area contributed by atoms with E-state index in [1.165, 1.54) is 5.56 Å². The monoisotopic (exact) mass is 339 g/mol. The van der Waals surface area contributed by atoms with Gasteiger partial charge in [-0.25, -0.2) is 4.98 Å². The lowest BCUT2D eigenvalue weighted by atomic mass is 10.1. The molecule has 24 heavy (non-hydrogen) atoms. The molecule has 4 nitrogen and oxygen atoms in total. The third kappa shape index (κ3) is 4.24. The molecule has 122 valence electrons. The van der Waals surface area contributed by atoms with Crippen LogP contribution in [0.3, 0.4) is 0 Å². The molecule has 0 amide bonds. The summed E-state index contributed by atoms with van der Waals surface area (Å²) in [5, 5.41) is 3.82. The van der Waals surface area contributed by atoms with Crippen molar-refractivity contribution >= 4 is 17.4 Å². The van der Waals surface area contributed by atoms with Crippen molar-refractivity contribution in [3.05, 3.63) is 93.5 Å². The molecule has 1 aromatic heterocycles. The Hall–Kier alpha value is -2.59. The lowest BCUT2D eigenvalue weighted by molar-refractivity contribution is 0.748. The molecule has 0 unspecified atom stereocenters. The van der Waals surface area contributed by atoms with Crippen molar-refractivity contribution in [1.82, 2.24) is 9.55 Å². The minimum Gasteiger partial charge on any atom is -0.365 e. The van der Waals surface area contributed by atoms with Crippen molar-refractivity contribution in [2.75, 3.05) is 11.9 Å². The third-order valence-electron chi connectivity index (χ3n) is 3.73. The van der Waals surface area contributed by atoms with Crippen LogP contribution in [0.1, 0.15) is 11.1 Å². The molecule has 0 bridgehead atoms. The summed E-state index contributed by atoms with van der Waals surface area (Å²) >= 11 is 5.89. The van der Waals surface area contributed by atoms with E-state index in [9.17, 15) is 4.79 Å². The molecular formula is C19H18ClN3O. The van der Waals surface area contributed by atoms with Gasteiger partial charge in [0.05, 0.1) is 6.54 Å². The topological polar surface area (TPSA) is 46.9 Å². The number of hydrogen-bond donors (Lipinski definition) is 1. The summed E-state index contributed by atoms with van der Waals surface area (Å²) in [6.45, 7) is 1.16. The molecule has 0 fully saturated rings. The van der Waals surface area contributed by atoms with Gasteiger partial charge in [-0.15, -0.1) is 0 Å². The summed E-state index contributed by atoms with van der Waals surface area (Å²) in [4.78, 5) is 16.7. The van der Waals surface area contributed by atoms with E-state index in [2.05, 4.69) is 22.4 Å². The zero-order chi connectivity index (χ0) is 16.8. The summed E-state index contributed by atoms with van der Waals surface area (Å²) in [5.41, 5.74) is 2.12. The molecule has 3 aromatic rings. The quantitative estimate of drug-likeness (QED) is 0.746. The molecule has 3 rings (SSSR count). The Morgan fingerprint density at radius 3 is 2.50 bits per heavy atom. The summed E-state index contributed by atoms with van der Waals surface area (Å²) in [7, 11) is 0. The molecule has 0 aliphatic carbocycles. The van der Waals surface area contributed by atoms with Crippen LogP contribution in [0.4, 0.5) is 5.82 Å². The van der Waals surface area contributed by atoms with Gasteiger partial charge in [-0.2, -0.15) is 0 Å². The molecule has 0 radical (unpaired) electrons. The maximum Gasteiger partial charge on any atom is 0.293 e. The smallest absolute Gasteiger partial charge is 0.293 e. The Morgan fingerprint density at radius 1 is 1.00 bits per heavy atom. The number of rotatable bonds is 6. The van der Waals surface area contributed by atoms with Gasteiger partial charge in [0.15, 0.2) is 5.82 Å². The first-order valence-electron chi connectivity index (χ1n) is 7.80. The number of aromatic nitrogens is 2. The Balaban J connectivity index is 1.66. The lowest BCUT2D eigenvalue weighted by Gasteiger charge is -2.09. The van der Waals surface area contributed by atoms with Gasteiger partial charge >= 0.3 is 0 Å². The SMILES string of the molecule is O=c1c(NCCc2ccccc2)nccn1Cc1ccc(Cl)cc1. The summed E-state index contributed by atoms with van der Waals surface area (Å²) < 4.78 is 1.64. The van der Waals surface area contributed by atoms with E-state index in [-0.39, 0.29) is 5.56 Å². The average molecular weight is 340 g/mol. The fourth-order valence-electron chi connectivity index (χ4n) is 2.45. The first-order chi connectivity index (χ1) is 11.7. The minimum absolute atomic E-state index is 0.125. The van der Waals surface area contributed by atoms with Crippen LogP contribution in [0.25, 0.3) is 0 Å². The van der Waals surface area contributed by atoms with E-state index in [1.807, 2.05) is 42.5 Å². The van der Waals surface area contributed by atoms with Gasteiger partial charge in [-0.1, -0.05) is 54.1 Å². The molecule has 5 heteroatoms. The second kappa shape index (κ2) is 7.79. The summed E-state index contributed by atoms with van der Waals surface area (Å²) in [5.74, 6) is 0.377. The summed E-state index contributed by atoms with van der Waals surface area (Å²) in [6.07, 6.45) is 4.18. The molecule has 0 saturated carbocycles. The number of nitrogens with zero attached hydrogens (tertiary/aromatic N) is 2. The average Bonchev–Trinajstić information content (AvgIpc) is 2.61. The number of benzene rings is 2. The van der Waals surface area contributed by atoms with Gasteiger partial charge in [0, 0.05) is 24.0 Å². The molecule has 1 heterocycles. The lowest BCUT2D eigenvalue weighted by Crippen LogP contribution is -2.25. The van der Waals surface area contributed by atoms with Gasteiger partial charge in [0.1, 0.15) is 0 Å². The normalized spacial score (nSPS) is 10.5. The van der Waals surface area contributed by atoms with Crippen LogP contribution in [-0.2, 0) is 13.0 Å². The van der Waals surface area contributed by atoms with Crippen LogP contribution >= 0.6 is 11.6 Å². The molecule has 1 N–H and O–H groups in total. The van der Waals surface area contributed by atoms with Crippen molar-refractivity contribution in [3.63, 3.8) is 0 Å². The fourth-order valence-corrected chi connectivity index (χ4v) is 2.58. The number of nitrogens with one attached hydrogen (secondary N) is 1. The largest absolute Gasteiger partial charge is 0.365 e. The second-order valence-electron chi connectivity index (χ2n) is 5.50. The van der Waals surface area contributed by atoms with E-state index in [0.29, 0.717) is 23.9 Å². The van der Waals surface area contributed by atoms with Crippen LogP contribution in [0.15, 0.2) is 71.8 Å². The van der Waals surface area contributed by atoms with Crippen LogP contribution in [0.2, 0.25) is 5.02 Å². The van der Waals surface area contributed by atoms with Crippen molar-refractivity contribution in [3.8, 4) is 0 Å². The van der Waals surface area contributed by atoms with E-state index >= 15 is 0 Å². The molecule has 0 spiro atoms. The Bertz CT molecular complexity index is 844. The van der Waals surface area contributed by atoms with Crippen molar-refractivity contribution in [1.29, 1.82) is 0 Å². The maximum absolute atomic E-state index is 12.5. The molecule has 2 aromatic carbocycles. The number of hydrogen-bond acceptors (Lipinski definition) is 3. The van der Waals surface area contributed by atoms with Gasteiger partial charge in [-0.05, 0) is 29.7 Å². The van der Waals surface area contributed by atoms with Crippen molar-refractivity contribution in [2.24, 2.45) is 0 Å². The highest BCUT2D eigenvalue weighted by molar-refractivity contribution is 6.30. The summed E-state index contributed by atoms with van der Waals surface area (Å²) in [6, 6.07) is 17.6. The Morgan fingerprint density at radius 2 is 1.75 bits per heavy atom. The van der Waals surface area contributed by atoms with E-state index in [4.69, 9.17) is 11.6 Å². The zero-order valence-electron chi connectivity index (χ0n) is 13.2. The van der Waals surface area contributed by atoms with Crippen molar-refractivity contribution in [2.45, 2.75) is 13.0 Å². The highest BCUT2D eigenvalue weighted by Gasteiger charge is 2.05. The molecule has 0 atom stereocenters. The van der Waals surface area contributed by atoms with Crippen LogP contribution in [-0.4, -0.2) is 16.1 Å². The molecular weight excluding hydrogens is 322 g/mol. The van der Waals surface area contributed by atoms with Crippen LogP contribution in [0, 0.1) is 0 Å². The minimum atomic E-state index is -0.125. The second-order valence-corrected chi connectivity index (χ2v) is 5.93. The highest BCUT2D eigenvalue weighted by atomic mass is 35.5. The third-order valence-corrected chi connectivity index (χ3v) is 3.98. The molecule has 0 saturated heterocycles. The Labute approximate surface area is 145 Å². The predicted octanol–water partition coefficient (Wildman–Crippen LogP) is 3.60. The van der Waals surface area contributed by atoms with E-state index in [0.717, 1.165) is 12.0 Å². The highest BCUT2D eigenvalue weighted by Crippen LogP contribution is 2.10. The van der Waals surface area contributed by atoms with Gasteiger partial charge in [-0.3, -0.25) is 4.79 Å². The number of anilines is 1. The zero-order valence-corrected chi connectivity index (χ0v) is 13.9. The van der Waals surface area contributed by atoms with Crippen molar-refractivity contribution < 1.29 is 0 Å². The maximum atomic E-state index is 12.5. The number of halogens is 1. The fraction of sp³-hybridized carbons (Fsp3) is 0.158. The van der Waals surface area contributed by atoms with Crippen LogP contribution < -0.4 is 10.9 Å². The Kier molecular flexibility index (Phi) is 5.29. The first-order valence-corrected chi connectivity index (χ1v) is 8.18. The van der Waals surface area contributed by atoms with Gasteiger partial charge in [0.2, 0.25) is 0 Å². The van der Waals surface area contributed by atoms with Gasteiger partial charge < -0.3 is 9.88 Å². The van der Waals surface area contributed by atoms with E-state index < -0.39 is 0 Å². The van der Waals surface area contributed by atoms with E-state index in [1.54, 1.807) is 17.0 Å². The molecule has 0 aliphatic heterocycles. The standard InChI is InChI=1S/C19H18ClN3O/c20-17-8-6-16(7-9-17)14-23-13-12-22-18(19(23)24)21-11-10-15-4-2-1-3-5-15/h1-9,12-13H,10-11,14H2,(H,21,22).